The average Bonchev–Trinajstić information content (AvgIpc) is 2.27. The van der Waals surface area contributed by atoms with Crippen LogP contribution in [0.15, 0.2) is 18.3 Å². The number of hydrogen-bond donors (Lipinski definition) is 2. The van der Waals surface area contributed by atoms with Gasteiger partial charge in [0.25, 0.3) is 0 Å². The molecule has 0 aliphatic carbocycles. The van der Waals surface area contributed by atoms with Crippen LogP contribution in [0.25, 0.3) is 0 Å². The molecule has 8 heteroatoms. The highest BCUT2D eigenvalue weighted by molar-refractivity contribution is 7.93. The molecule has 7 nitrogen and oxygen atoms in total. The highest BCUT2D eigenvalue weighted by Gasteiger charge is 2.31. The van der Waals surface area contributed by atoms with Crippen molar-refractivity contribution in [3.63, 3.8) is 0 Å². The molecule has 0 aliphatic rings. The first-order valence-electron chi connectivity index (χ1n) is 5.74. The SMILES string of the molecule is CC(C)(C)S(=O)(=O)CC(=O)Nc1ccc(C(=O)O)cn1. The van der Waals surface area contributed by atoms with Gasteiger partial charge in [-0.1, -0.05) is 0 Å². The number of hydrogen-bond acceptors (Lipinski definition) is 5. The molecule has 0 atom stereocenters. The van der Waals surface area contributed by atoms with Gasteiger partial charge in [0.15, 0.2) is 9.84 Å². The molecule has 1 amide bonds. The van der Waals surface area contributed by atoms with Gasteiger partial charge in [-0.2, -0.15) is 0 Å². The van der Waals surface area contributed by atoms with E-state index in [1.54, 1.807) is 0 Å². The van der Waals surface area contributed by atoms with Crippen LogP contribution in [-0.2, 0) is 14.6 Å². The predicted octanol–water partition coefficient (Wildman–Crippen LogP) is 0.932. The summed E-state index contributed by atoms with van der Waals surface area (Å²) in [6.07, 6.45) is 1.08. The number of rotatable bonds is 4. The third kappa shape index (κ3) is 4.02. The highest BCUT2D eigenvalue weighted by atomic mass is 32.2. The molecule has 0 bridgehead atoms. The first-order valence-corrected chi connectivity index (χ1v) is 7.39. The summed E-state index contributed by atoms with van der Waals surface area (Å²) in [5.41, 5.74) is -0.0229. The summed E-state index contributed by atoms with van der Waals surface area (Å²) in [5.74, 6) is -2.40. The zero-order valence-electron chi connectivity index (χ0n) is 11.4. The Hall–Kier alpha value is -1.96. The number of aromatic carboxylic acids is 1. The molecule has 1 heterocycles. The first kappa shape index (κ1) is 16.1. The second-order valence-electron chi connectivity index (χ2n) is 5.16. The van der Waals surface area contributed by atoms with E-state index in [0.29, 0.717) is 0 Å². The summed E-state index contributed by atoms with van der Waals surface area (Å²) < 4.78 is 22.7. The second-order valence-corrected chi connectivity index (χ2v) is 7.90. The minimum atomic E-state index is -3.57. The maximum atomic E-state index is 11.8. The van der Waals surface area contributed by atoms with E-state index in [1.165, 1.54) is 32.9 Å². The molecule has 1 aromatic heterocycles. The van der Waals surface area contributed by atoms with Gasteiger partial charge in [0, 0.05) is 6.20 Å². The highest BCUT2D eigenvalue weighted by Crippen LogP contribution is 2.16. The second kappa shape index (κ2) is 5.58. The van der Waals surface area contributed by atoms with Gasteiger partial charge < -0.3 is 10.4 Å². The van der Waals surface area contributed by atoms with Crippen molar-refractivity contribution in [1.29, 1.82) is 0 Å². The van der Waals surface area contributed by atoms with Crippen molar-refractivity contribution in [3.05, 3.63) is 23.9 Å². The summed E-state index contributed by atoms with van der Waals surface area (Å²) in [6.45, 7) is 4.53. The van der Waals surface area contributed by atoms with E-state index < -0.39 is 32.2 Å². The lowest BCUT2D eigenvalue weighted by Crippen LogP contribution is -2.35. The molecule has 0 fully saturated rings. The first-order chi connectivity index (χ1) is 9.03. The molecular formula is C12H16N2O5S. The Balaban J connectivity index is 2.75. The van der Waals surface area contributed by atoms with Gasteiger partial charge in [0.2, 0.25) is 5.91 Å². The molecule has 0 aromatic carbocycles. The maximum Gasteiger partial charge on any atom is 0.337 e. The van der Waals surface area contributed by atoms with Crippen LogP contribution >= 0.6 is 0 Å². The molecule has 1 aromatic rings. The fraction of sp³-hybridized carbons (Fsp3) is 0.417. The number of carboxylic acids is 1. The largest absolute Gasteiger partial charge is 0.478 e. The van der Waals surface area contributed by atoms with Crippen molar-refractivity contribution in [1.82, 2.24) is 4.98 Å². The Morgan fingerprint density at radius 3 is 2.30 bits per heavy atom. The molecule has 0 saturated heterocycles. The van der Waals surface area contributed by atoms with Crippen LogP contribution in [0.5, 0.6) is 0 Å². The van der Waals surface area contributed by atoms with Crippen molar-refractivity contribution in [3.8, 4) is 0 Å². The number of carbonyl (C=O) groups is 2. The maximum absolute atomic E-state index is 11.8. The predicted molar refractivity (Wildman–Crippen MR) is 73.4 cm³/mol. The molecule has 110 valence electrons. The Labute approximate surface area is 116 Å². The van der Waals surface area contributed by atoms with Gasteiger partial charge >= 0.3 is 5.97 Å². The minimum Gasteiger partial charge on any atom is -0.478 e. The third-order valence-corrected chi connectivity index (χ3v) is 5.04. The Bertz CT molecular complexity index is 614. The smallest absolute Gasteiger partial charge is 0.337 e. The Kier molecular flexibility index (Phi) is 4.49. The molecule has 1 rings (SSSR count). The minimum absolute atomic E-state index is 0.0229. The number of nitrogens with one attached hydrogen (secondary N) is 1. The van der Waals surface area contributed by atoms with Crippen molar-refractivity contribution < 1.29 is 23.1 Å². The zero-order valence-corrected chi connectivity index (χ0v) is 12.2. The Morgan fingerprint density at radius 2 is 1.90 bits per heavy atom. The molecular weight excluding hydrogens is 284 g/mol. The lowest BCUT2D eigenvalue weighted by molar-refractivity contribution is -0.113. The van der Waals surface area contributed by atoms with E-state index in [-0.39, 0.29) is 11.4 Å². The van der Waals surface area contributed by atoms with E-state index in [9.17, 15) is 18.0 Å². The van der Waals surface area contributed by atoms with Gasteiger partial charge in [0.05, 0.1) is 10.3 Å². The number of carbonyl (C=O) groups excluding carboxylic acids is 1. The van der Waals surface area contributed by atoms with Gasteiger partial charge in [-0.05, 0) is 32.9 Å². The number of pyridine rings is 1. The standard InChI is InChI=1S/C12H16N2O5S/c1-12(2,3)20(18,19)7-10(15)14-9-5-4-8(6-13-9)11(16)17/h4-6H,7H2,1-3H3,(H,16,17)(H,13,14,15). The topological polar surface area (TPSA) is 113 Å². The van der Waals surface area contributed by atoms with Crippen molar-refractivity contribution in [2.24, 2.45) is 0 Å². The fourth-order valence-electron chi connectivity index (χ4n) is 1.16. The lowest BCUT2D eigenvalue weighted by atomic mass is 10.3. The van der Waals surface area contributed by atoms with Gasteiger partial charge in [0.1, 0.15) is 11.6 Å². The molecule has 2 N–H and O–H groups in total. The summed E-state index contributed by atoms with van der Waals surface area (Å²) in [6, 6.07) is 2.56. The van der Waals surface area contributed by atoms with Crippen LogP contribution < -0.4 is 5.32 Å². The molecule has 0 unspecified atom stereocenters. The Morgan fingerprint density at radius 1 is 1.30 bits per heavy atom. The van der Waals surface area contributed by atoms with Crippen LogP contribution in [0, 0.1) is 0 Å². The molecule has 0 saturated carbocycles. The summed E-state index contributed by atoms with van der Waals surface area (Å²) in [5, 5.41) is 11.0. The molecule has 0 spiro atoms. The normalized spacial score (nSPS) is 11.9. The van der Waals surface area contributed by atoms with Gasteiger partial charge in [-0.3, -0.25) is 4.79 Å². The van der Waals surface area contributed by atoms with E-state index >= 15 is 0 Å². The van der Waals surface area contributed by atoms with E-state index in [0.717, 1.165) is 6.20 Å². The number of anilines is 1. The van der Waals surface area contributed by atoms with Crippen LogP contribution in [0.1, 0.15) is 31.1 Å². The number of carboxylic acid groups (broad SMARTS) is 1. The van der Waals surface area contributed by atoms with E-state index in [2.05, 4.69) is 10.3 Å². The van der Waals surface area contributed by atoms with E-state index in [4.69, 9.17) is 5.11 Å². The quantitative estimate of drug-likeness (QED) is 0.855. The number of amides is 1. The average molecular weight is 300 g/mol. The van der Waals surface area contributed by atoms with Crippen LogP contribution in [0.3, 0.4) is 0 Å². The zero-order chi connectivity index (χ0) is 15.6. The van der Waals surface area contributed by atoms with Gasteiger partial charge in [-0.25, -0.2) is 18.2 Å². The molecule has 20 heavy (non-hydrogen) atoms. The number of aromatic nitrogens is 1. The van der Waals surface area contributed by atoms with Crippen LogP contribution in [0.4, 0.5) is 5.82 Å². The molecule has 0 radical (unpaired) electrons. The fourth-order valence-corrected chi connectivity index (χ4v) is 2.01. The summed E-state index contributed by atoms with van der Waals surface area (Å²) >= 11 is 0. The van der Waals surface area contributed by atoms with E-state index in [1.807, 2.05) is 0 Å². The number of nitrogens with zero attached hydrogens (tertiary/aromatic N) is 1. The van der Waals surface area contributed by atoms with Crippen molar-refractivity contribution in [2.75, 3.05) is 11.1 Å². The third-order valence-electron chi connectivity index (χ3n) is 2.53. The van der Waals surface area contributed by atoms with Crippen molar-refractivity contribution >= 4 is 27.5 Å². The van der Waals surface area contributed by atoms with Crippen LogP contribution in [-0.4, -0.2) is 40.9 Å². The number of sulfone groups is 1. The lowest BCUT2D eigenvalue weighted by Gasteiger charge is -2.18. The van der Waals surface area contributed by atoms with Crippen molar-refractivity contribution in [2.45, 2.75) is 25.5 Å². The summed E-state index contributed by atoms with van der Waals surface area (Å²) in [7, 11) is -3.57. The monoisotopic (exact) mass is 300 g/mol. The van der Waals surface area contributed by atoms with Crippen LogP contribution in [0.2, 0.25) is 0 Å². The van der Waals surface area contributed by atoms with Gasteiger partial charge in [-0.15, -0.1) is 0 Å². The summed E-state index contributed by atoms with van der Waals surface area (Å²) in [4.78, 5) is 26.0. The molecule has 0 aliphatic heterocycles.